The van der Waals surface area contributed by atoms with Crippen LogP contribution in [-0.4, -0.2) is 11.1 Å². The van der Waals surface area contributed by atoms with Gasteiger partial charge in [0.15, 0.2) is 0 Å². The van der Waals surface area contributed by atoms with Crippen molar-refractivity contribution in [3.63, 3.8) is 0 Å². The van der Waals surface area contributed by atoms with E-state index < -0.39 is 5.97 Å². The maximum absolute atomic E-state index is 10.4. The summed E-state index contributed by atoms with van der Waals surface area (Å²) in [5.41, 5.74) is 0. The molecular weight excluding hydrogens is 296 g/mol. The lowest BCUT2D eigenvalue weighted by Gasteiger charge is -2.00. The molecule has 0 saturated heterocycles. The van der Waals surface area contributed by atoms with Crippen molar-refractivity contribution < 1.29 is 9.90 Å². The molecule has 0 saturated carbocycles. The fourth-order valence-electron chi connectivity index (χ4n) is 2.78. The molecule has 0 spiro atoms. The highest BCUT2D eigenvalue weighted by molar-refractivity contribution is 5.66. The molecule has 0 bridgehead atoms. The molecule has 0 aromatic carbocycles. The molecule has 1 N–H and O–H groups in total. The zero-order chi connectivity index (χ0) is 17.7. The number of aliphatic carboxylic acids is 1. The molecule has 0 fully saturated rings. The van der Waals surface area contributed by atoms with Crippen LogP contribution in [0.5, 0.6) is 0 Å². The summed E-state index contributed by atoms with van der Waals surface area (Å²) in [7, 11) is 0. The van der Waals surface area contributed by atoms with E-state index in [1.165, 1.54) is 83.5 Å². The Balaban J connectivity index is 3.14. The number of carboxylic acid groups (broad SMARTS) is 1. The van der Waals surface area contributed by atoms with Crippen LogP contribution >= 0.6 is 0 Å². The second-order valence-electron chi connectivity index (χ2n) is 6.78. The molecule has 0 atom stereocenters. The Bertz CT molecular complexity index is 318. The van der Waals surface area contributed by atoms with Gasteiger partial charge in [0.2, 0.25) is 0 Å². The third-order valence-corrected chi connectivity index (χ3v) is 4.32. The SMILES string of the molecule is CCCCCC=CCCC=CCCCCCCCCCCC(=O)O. The minimum atomic E-state index is -0.661. The van der Waals surface area contributed by atoms with Gasteiger partial charge in [-0.2, -0.15) is 0 Å². The van der Waals surface area contributed by atoms with Gasteiger partial charge in [0.05, 0.1) is 0 Å². The highest BCUT2D eigenvalue weighted by Crippen LogP contribution is 2.11. The van der Waals surface area contributed by atoms with Crippen LogP contribution in [0, 0.1) is 0 Å². The summed E-state index contributed by atoms with van der Waals surface area (Å²) >= 11 is 0. The van der Waals surface area contributed by atoms with Gasteiger partial charge >= 0.3 is 5.97 Å². The van der Waals surface area contributed by atoms with E-state index in [2.05, 4.69) is 31.2 Å². The van der Waals surface area contributed by atoms with Gasteiger partial charge in [-0.25, -0.2) is 0 Å². The van der Waals surface area contributed by atoms with Gasteiger partial charge in [-0.3, -0.25) is 4.79 Å². The Morgan fingerprint density at radius 1 is 0.625 bits per heavy atom. The van der Waals surface area contributed by atoms with E-state index in [1.54, 1.807) is 0 Å². The third kappa shape index (κ3) is 20.9. The summed E-state index contributed by atoms with van der Waals surface area (Å²) in [6, 6.07) is 0. The number of unbranched alkanes of at least 4 members (excludes halogenated alkanes) is 12. The molecule has 0 amide bonds. The van der Waals surface area contributed by atoms with Crippen LogP contribution < -0.4 is 0 Å². The molecule has 0 rings (SSSR count). The topological polar surface area (TPSA) is 37.3 Å². The van der Waals surface area contributed by atoms with Gasteiger partial charge in [0, 0.05) is 6.42 Å². The molecule has 24 heavy (non-hydrogen) atoms. The van der Waals surface area contributed by atoms with E-state index in [0.29, 0.717) is 6.42 Å². The summed E-state index contributed by atoms with van der Waals surface area (Å²) in [5.74, 6) is -0.661. The third-order valence-electron chi connectivity index (χ3n) is 4.32. The molecule has 0 heterocycles. The Kier molecular flexibility index (Phi) is 19.1. The van der Waals surface area contributed by atoms with Crippen molar-refractivity contribution in [2.24, 2.45) is 0 Å². The lowest BCUT2D eigenvalue weighted by atomic mass is 10.1. The quantitative estimate of drug-likeness (QED) is 0.208. The summed E-state index contributed by atoms with van der Waals surface area (Å²) < 4.78 is 0. The molecule has 140 valence electrons. The first-order valence-corrected chi connectivity index (χ1v) is 10.3. The molecule has 0 radical (unpaired) electrons. The van der Waals surface area contributed by atoms with Crippen molar-refractivity contribution in [3.8, 4) is 0 Å². The van der Waals surface area contributed by atoms with Gasteiger partial charge < -0.3 is 5.11 Å². The number of rotatable bonds is 18. The van der Waals surface area contributed by atoms with Crippen LogP contribution in [0.3, 0.4) is 0 Å². The molecule has 2 nitrogen and oxygen atoms in total. The van der Waals surface area contributed by atoms with Crippen LogP contribution in [0.2, 0.25) is 0 Å². The average Bonchev–Trinajstić information content (AvgIpc) is 2.56. The van der Waals surface area contributed by atoms with E-state index in [0.717, 1.165) is 12.8 Å². The Hall–Kier alpha value is -1.05. The second-order valence-corrected chi connectivity index (χ2v) is 6.78. The molecule has 2 heteroatoms. The number of hydrogen-bond donors (Lipinski definition) is 1. The molecule has 0 aromatic heterocycles. The lowest BCUT2D eigenvalue weighted by Crippen LogP contribution is -1.93. The number of hydrogen-bond acceptors (Lipinski definition) is 1. The minimum Gasteiger partial charge on any atom is -0.481 e. The predicted octanol–water partition coefficient (Wildman–Crippen LogP) is 7.44. The molecule has 0 aliphatic rings. The first kappa shape index (κ1) is 22.9. The summed E-state index contributed by atoms with van der Waals surface area (Å²) in [5, 5.41) is 8.55. The van der Waals surface area contributed by atoms with Crippen molar-refractivity contribution in [3.05, 3.63) is 24.3 Å². The Labute approximate surface area is 150 Å². The molecular formula is C22H40O2. The van der Waals surface area contributed by atoms with Crippen LogP contribution in [0.15, 0.2) is 24.3 Å². The van der Waals surface area contributed by atoms with Crippen LogP contribution in [0.4, 0.5) is 0 Å². The van der Waals surface area contributed by atoms with E-state index in [-0.39, 0.29) is 0 Å². The predicted molar refractivity (Wildman–Crippen MR) is 105 cm³/mol. The fraction of sp³-hybridized carbons (Fsp3) is 0.773. The van der Waals surface area contributed by atoms with Crippen LogP contribution in [0.25, 0.3) is 0 Å². The van der Waals surface area contributed by atoms with E-state index in [9.17, 15) is 4.79 Å². The van der Waals surface area contributed by atoms with Gasteiger partial charge in [0.1, 0.15) is 0 Å². The second kappa shape index (κ2) is 20.0. The number of carbonyl (C=O) groups is 1. The van der Waals surface area contributed by atoms with Gasteiger partial charge in [-0.1, -0.05) is 82.6 Å². The highest BCUT2D eigenvalue weighted by atomic mass is 16.4. The molecule has 0 aliphatic heterocycles. The van der Waals surface area contributed by atoms with Crippen molar-refractivity contribution in [1.82, 2.24) is 0 Å². The largest absolute Gasteiger partial charge is 0.481 e. The van der Waals surface area contributed by atoms with Gasteiger partial charge in [-0.15, -0.1) is 0 Å². The molecule has 0 aliphatic carbocycles. The highest BCUT2D eigenvalue weighted by Gasteiger charge is 1.96. The van der Waals surface area contributed by atoms with Crippen molar-refractivity contribution in [2.45, 2.75) is 110 Å². The smallest absolute Gasteiger partial charge is 0.303 e. The van der Waals surface area contributed by atoms with Crippen molar-refractivity contribution in [2.75, 3.05) is 0 Å². The van der Waals surface area contributed by atoms with Crippen molar-refractivity contribution >= 4 is 5.97 Å². The summed E-state index contributed by atoms with van der Waals surface area (Å²) in [6.45, 7) is 2.25. The molecule has 0 unspecified atom stereocenters. The molecule has 0 aromatic rings. The summed E-state index contributed by atoms with van der Waals surface area (Å²) in [4.78, 5) is 10.4. The summed E-state index contributed by atoms with van der Waals surface area (Å²) in [6.07, 6.45) is 28.2. The van der Waals surface area contributed by atoms with Crippen LogP contribution in [0.1, 0.15) is 110 Å². The number of allylic oxidation sites excluding steroid dienone is 4. The van der Waals surface area contributed by atoms with Crippen molar-refractivity contribution in [1.29, 1.82) is 0 Å². The number of carboxylic acids is 1. The maximum Gasteiger partial charge on any atom is 0.303 e. The normalized spacial score (nSPS) is 11.7. The van der Waals surface area contributed by atoms with E-state index >= 15 is 0 Å². The minimum absolute atomic E-state index is 0.334. The van der Waals surface area contributed by atoms with E-state index in [1.807, 2.05) is 0 Å². The Morgan fingerprint density at radius 2 is 1.04 bits per heavy atom. The van der Waals surface area contributed by atoms with Gasteiger partial charge in [-0.05, 0) is 44.9 Å². The lowest BCUT2D eigenvalue weighted by molar-refractivity contribution is -0.137. The monoisotopic (exact) mass is 336 g/mol. The Morgan fingerprint density at radius 3 is 1.54 bits per heavy atom. The fourth-order valence-corrected chi connectivity index (χ4v) is 2.78. The zero-order valence-electron chi connectivity index (χ0n) is 16.0. The average molecular weight is 337 g/mol. The van der Waals surface area contributed by atoms with Crippen LogP contribution in [-0.2, 0) is 4.79 Å². The zero-order valence-corrected chi connectivity index (χ0v) is 16.0. The van der Waals surface area contributed by atoms with Gasteiger partial charge in [0.25, 0.3) is 0 Å². The van der Waals surface area contributed by atoms with E-state index in [4.69, 9.17) is 5.11 Å². The standard InChI is InChI=1S/C22H40O2/c1-2-3-4-5-6-7-8-9-10-11-12-13-14-15-16-17-18-19-20-21-22(23)24/h6-7,10-11H,2-5,8-9,12-21H2,1H3,(H,23,24). The maximum atomic E-state index is 10.4. The first-order valence-electron chi connectivity index (χ1n) is 10.3. The first-order chi connectivity index (χ1) is 11.8.